The number of anilines is 2. The second kappa shape index (κ2) is 6.75. The van der Waals surface area contributed by atoms with Crippen LogP contribution in [0.5, 0.6) is 11.5 Å². The third-order valence-corrected chi connectivity index (χ3v) is 3.24. The summed E-state index contributed by atoms with van der Waals surface area (Å²) >= 11 is 0. The van der Waals surface area contributed by atoms with Gasteiger partial charge in [-0.2, -0.15) is 5.26 Å². The largest absolute Gasteiger partial charge is 0.453 e. The van der Waals surface area contributed by atoms with Crippen LogP contribution in [0.2, 0.25) is 0 Å². The summed E-state index contributed by atoms with van der Waals surface area (Å²) in [6, 6.07) is 14.9. The first-order valence-corrected chi connectivity index (χ1v) is 7.18. The van der Waals surface area contributed by atoms with Crippen LogP contribution in [-0.4, -0.2) is 9.97 Å². The van der Waals surface area contributed by atoms with Gasteiger partial charge in [0.1, 0.15) is 24.0 Å². The number of hydrogen-bond donors (Lipinski definition) is 1. The van der Waals surface area contributed by atoms with E-state index in [0.29, 0.717) is 22.8 Å². The van der Waals surface area contributed by atoms with Crippen LogP contribution in [0.25, 0.3) is 0 Å². The Hall–Kier alpha value is -3.46. The van der Waals surface area contributed by atoms with Crippen molar-refractivity contribution in [2.24, 2.45) is 0 Å². The zero-order chi connectivity index (χ0) is 16.9. The molecule has 1 N–H and O–H groups in total. The van der Waals surface area contributed by atoms with Crippen molar-refractivity contribution in [1.82, 2.24) is 9.97 Å². The van der Waals surface area contributed by atoms with Crippen molar-refractivity contribution in [2.45, 2.75) is 6.92 Å². The van der Waals surface area contributed by atoms with E-state index in [1.165, 1.54) is 18.5 Å². The highest BCUT2D eigenvalue weighted by atomic mass is 19.1. The second-order valence-electron chi connectivity index (χ2n) is 5.02. The van der Waals surface area contributed by atoms with Crippen LogP contribution in [0, 0.1) is 24.1 Å². The van der Waals surface area contributed by atoms with Gasteiger partial charge in [-0.3, -0.25) is 0 Å². The maximum absolute atomic E-state index is 14.3. The number of ether oxygens (including phenoxy) is 1. The number of halogens is 1. The number of aryl methyl sites for hydroxylation is 1. The third kappa shape index (κ3) is 3.47. The fourth-order valence-electron chi connectivity index (χ4n) is 2.10. The molecule has 0 amide bonds. The Morgan fingerprint density at radius 1 is 1.08 bits per heavy atom. The van der Waals surface area contributed by atoms with E-state index in [9.17, 15) is 4.39 Å². The molecule has 5 nitrogen and oxygen atoms in total. The van der Waals surface area contributed by atoms with Crippen LogP contribution in [-0.2, 0) is 0 Å². The van der Waals surface area contributed by atoms with E-state index in [1.54, 1.807) is 36.4 Å². The van der Waals surface area contributed by atoms with Crippen LogP contribution in [0.1, 0.15) is 11.3 Å². The lowest BCUT2D eigenvalue weighted by Gasteiger charge is -2.10. The summed E-state index contributed by atoms with van der Waals surface area (Å²) < 4.78 is 19.8. The number of rotatable bonds is 4. The monoisotopic (exact) mass is 320 g/mol. The lowest BCUT2D eigenvalue weighted by Crippen LogP contribution is -1.97. The van der Waals surface area contributed by atoms with Crippen LogP contribution < -0.4 is 10.1 Å². The molecule has 1 heterocycles. The molecule has 0 radical (unpaired) electrons. The van der Waals surface area contributed by atoms with Gasteiger partial charge in [-0.05, 0) is 31.2 Å². The molecular weight excluding hydrogens is 307 g/mol. The molecule has 118 valence electrons. The Bertz CT molecular complexity index is 921. The zero-order valence-electron chi connectivity index (χ0n) is 12.8. The number of benzene rings is 2. The summed E-state index contributed by atoms with van der Waals surface area (Å²) in [5, 5.41) is 12.1. The summed E-state index contributed by atoms with van der Waals surface area (Å²) in [5.41, 5.74) is 1.68. The first-order chi connectivity index (χ1) is 11.7. The number of para-hydroxylation sites is 1. The summed E-state index contributed by atoms with van der Waals surface area (Å²) in [6.07, 6.45) is 1.43. The van der Waals surface area contributed by atoms with Crippen molar-refractivity contribution in [3.63, 3.8) is 0 Å². The summed E-state index contributed by atoms with van der Waals surface area (Å²) in [5.74, 6) is 0.386. The lowest BCUT2D eigenvalue weighted by atomic mass is 10.2. The Balaban J connectivity index is 1.81. The van der Waals surface area contributed by atoms with Crippen molar-refractivity contribution in [1.29, 1.82) is 5.26 Å². The first kappa shape index (κ1) is 15.4. The van der Waals surface area contributed by atoms with E-state index in [-0.39, 0.29) is 5.75 Å². The summed E-state index contributed by atoms with van der Waals surface area (Å²) in [4.78, 5) is 8.07. The molecule has 0 fully saturated rings. The quantitative estimate of drug-likeness (QED) is 0.774. The van der Waals surface area contributed by atoms with Crippen molar-refractivity contribution >= 4 is 11.5 Å². The van der Waals surface area contributed by atoms with Crippen molar-refractivity contribution in [2.75, 3.05) is 5.32 Å². The molecule has 0 bridgehead atoms. The Labute approximate surface area is 138 Å². The van der Waals surface area contributed by atoms with E-state index < -0.39 is 5.82 Å². The van der Waals surface area contributed by atoms with E-state index in [1.807, 2.05) is 13.0 Å². The van der Waals surface area contributed by atoms with Crippen molar-refractivity contribution < 1.29 is 9.13 Å². The Morgan fingerprint density at radius 2 is 1.92 bits per heavy atom. The molecule has 3 aromatic rings. The highest BCUT2D eigenvalue weighted by Crippen LogP contribution is 2.29. The van der Waals surface area contributed by atoms with Gasteiger partial charge >= 0.3 is 0 Å². The second-order valence-corrected chi connectivity index (χ2v) is 5.02. The number of nitrogens with zero attached hydrogens (tertiary/aromatic N) is 3. The normalized spacial score (nSPS) is 10.0. The van der Waals surface area contributed by atoms with Crippen LogP contribution in [0.4, 0.5) is 15.9 Å². The van der Waals surface area contributed by atoms with E-state index in [4.69, 9.17) is 10.00 Å². The molecule has 0 aliphatic heterocycles. The minimum absolute atomic E-state index is 0.0436. The molecule has 0 aliphatic carbocycles. The van der Waals surface area contributed by atoms with Crippen LogP contribution >= 0.6 is 0 Å². The molecule has 2 aromatic carbocycles. The minimum atomic E-state index is -0.543. The molecular formula is C18H13FN4O. The Morgan fingerprint density at radius 3 is 2.67 bits per heavy atom. The predicted molar refractivity (Wildman–Crippen MR) is 87.7 cm³/mol. The number of aromatic nitrogens is 2. The molecule has 0 saturated heterocycles. The van der Waals surface area contributed by atoms with E-state index in [2.05, 4.69) is 15.3 Å². The van der Waals surface area contributed by atoms with Gasteiger partial charge in [0, 0.05) is 23.5 Å². The molecule has 0 unspecified atom stereocenters. The minimum Gasteiger partial charge on any atom is -0.453 e. The molecule has 0 spiro atoms. The molecule has 0 saturated carbocycles. The highest BCUT2D eigenvalue weighted by Gasteiger charge is 2.09. The molecule has 6 heteroatoms. The molecule has 24 heavy (non-hydrogen) atoms. The smallest absolute Gasteiger partial charge is 0.167 e. The highest BCUT2D eigenvalue weighted by molar-refractivity contribution is 5.58. The summed E-state index contributed by atoms with van der Waals surface area (Å²) in [7, 11) is 0. The molecule has 0 atom stereocenters. The van der Waals surface area contributed by atoms with Crippen LogP contribution in [0.15, 0.2) is 54.9 Å². The van der Waals surface area contributed by atoms with E-state index >= 15 is 0 Å². The lowest BCUT2D eigenvalue weighted by molar-refractivity contribution is 0.441. The van der Waals surface area contributed by atoms with E-state index in [0.717, 1.165) is 5.69 Å². The van der Waals surface area contributed by atoms with Gasteiger partial charge in [-0.15, -0.1) is 0 Å². The third-order valence-electron chi connectivity index (χ3n) is 3.24. The average molecular weight is 320 g/mol. The van der Waals surface area contributed by atoms with Gasteiger partial charge in [0.2, 0.25) is 0 Å². The van der Waals surface area contributed by atoms with Gasteiger partial charge < -0.3 is 10.1 Å². The average Bonchev–Trinajstić information content (AvgIpc) is 2.58. The summed E-state index contributed by atoms with van der Waals surface area (Å²) in [6.45, 7) is 1.84. The topological polar surface area (TPSA) is 70.8 Å². The number of nitriles is 1. The number of nitrogens with one attached hydrogen (secondary N) is 1. The van der Waals surface area contributed by atoms with Crippen LogP contribution in [0.3, 0.4) is 0 Å². The maximum atomic E-state index is 14.3. The fraction of sp³-hybridized carbons (Fsp3) is 0.0556. The van der Waals surface area contributed by atoms with Crippen molar-refractivity contribution in [3.05, 3.63) is 71.9 Å². The fourth-order valence-corrected chi connectivity index (χ4v) is 2.10. The first-order valence-electron chi connectivity index (χ1n) is 7.18. The van der Waals surface area contributed by atoms with Gasteiger partial charge in [0.25, 0.3) is 0 Å². The molecule has 1 aromatic heterocycles. The van der Waals surface area contributed by atoms with Gasteiger partial charge in [-0.1, -0.05) is 12.1 Å². The maximum Gasteiger partial charge on any atom is 0.167 e. The molecule has 3 rings (SSSR count). The van der Waals surface area contributed by atoms with Gasteiger partial charge in [0.05, 0.1) is 5.56 Å². The standard InChI is InChI=1S/C18H13FN4O/c1-12-8-18(22-11-21-12)23-14-6-7-17(15(19)9-14)24-16-5-3-2-4-13(16)10-20/h2-9,11H,1H3,(H,21,22,23). The Kier molecular flexibility index (Phi) is 4.34. The zero-order valence-corrected chi connectivity index (χ0v) is 12.8. The van der Waals surface area contributed by atoms with Crippen molar-refractivity contribution in [3.8, 4) is 17.6 Å². The van der Waals surface area contributed by atoms with Gasteiger partial charge in [0.15, 0.2) is 11.6 Å². The SMILES string of the molecule is Cc1cc(Nc2ccc(Oc3ccccc3C#N)c(F)c2)ncn1. The molecule has 0 aliphatic rings. The predicted octanol–water partition coefficient (Wildman–Crippen LogP) is 4.33. The number of hydrogen-bond acceptors (Lipinski definition) is 5. The van der Waals surface area contributed by atoms with Gasteiger partial charge in [-0.25, -0.2) is 14.4 Å².